The van der Waals surface area contributed by atoms with E-state index < -0.39 is 12.0 Å². The first-order valence-electron chi connectivity index (χ1n) is 8.81. The van der Waals surface area contributed by atoms with Crippen LogP contribution in [0.1, 0.15) is 36.7 Å². The molecule has 8 heteroatoms. The first-order chi connectivity index (χ1) is 12.2. The molecule has 0 aromatic heterocycles. The van der Waals surface area contributed by atoms with E-state index in [2.05, 4.69) is 10.1 Å². The maximum Gasteiger partial charge on any atom is 0.256 e. The molecule has 1 amide bonds. The summed E-state index contributed by atoms with van der Waals surface area (Å²) in [6, 6.07) is 3.47. The second kappa shape index (κ2) is 6.94. The highest BCUT2D eigenvalue weighted by atomic mass is 16.6. The summed E-state index contributed by atoms with van der Waals surface area (Å²) in [6.45, 7) is 8.88. The van der Waals surface area contributed by atoms with Crippen LogP contribution in [0, 0.1) is 4.91 Å². The van der Waals surface area contributed by atoms with E-state index in [9.17, 15) is 14.8 Å². The Balaban J connectivity index is 1.75. The van der Waals surface area contributed by atoms with E-state index in [0.717, 1.165) is 11.3 Å². The number of carbonyl (C=O) groups is 1. The Morgan fingerprint density at radius 3 is 2.42 bits per heavy atom. The Morgan fingerprint density at radius 2 is 1.85 bits per heavy atom. The van der Waals surface area contributed by atoms with Gasteiger partial charge in [0.25, 0.3) is 5.91 Å². The number of aliphatic hydroxyl groups excluding tert-OH is 1. The van der Waals surface area contributed by atoms with Gasteiger partial charge in [0.15, 0.2) is 0 Å². The molecule has 2 aliphatic heterocycles. The molecule has 1 saturated heterocycles. The zero-order valence-corrected chi connectivity index (χ0v) is 15.7. The quantitative estimate of drug-likeness (QED) is 0.650. The van der Waals surface area contributed by atoms with Gasteiger partial charge in [-0.15, -0.1) is 4.91 Å². The summed E-state index contributed by atoms with van der Waals surface area (Å²) in [6.07, 6.45) is -0.933. The van der Waals surface area contributed by atoms with Gasteiger partial charge in [-0.1, -0.05) is 0 Å². The van der Waals surface area contributed by atoms with Crippen molar-refractivity contribution in [2.24, 2.45) is 5.18 Å². The van der Waals surface area contributed by atoms with Gasteiger partial charge in [0.2, 0.25) is 6.41 Å². The fraction of sp³-hybridized carbons (Fsp3) is 0.611. The highest BCUT2D eigenvalue weighted by Gasteiger charge is 2.33. The minimum Gasteiger partial charge on any atom is -0.369 e. The maximum absolute atomic E-state index is 12.3. The second-order valence-electron chi connectivity index (χ2n) is 7.79. The summed E-state index contributed by atoms with van der Waals surface area (Å²) in [5.74, 6) is -0.163. The van der Waals surface area contributed by atoms with E-state index in [1.54, 1.807) is 18.0 Å². The third-order valence-electron chi connectivity index (χ3n) is 4.75. The van der Waals surface area contributed by atoms with Crippen LogP contribution in [-0.2, 0) is 11.3 Å². The number of fused-ring (bicyclic) bond motifs is 1. The van der Waals surface area contributed by atoms with Crippen molar-refractivity contribution in [1.29, 1.82) is 0 Å². The normalized spacial score (nSPS) is 19.7. The van der Waals surface area contributed by atoms with Crippen molar-refractivity contribution in [3.05, 3.63) is 28.2 Å². The number of nitrogens with zero attached hydrogens (tertiary/aromatic N) is 4. The molecule has 0 spiro atoms. The van der Waals surface area contributed by atoms with Gasteiger partial charge in [-0.3, -0.25) is 9.69 Å². The van der Waals surface area contributed by atoms with Crippen molar-refractivity contribution in [2.75, 3.05) is 38.1 Å². The summed E-state index contributed by atoms with van der Waals surface area (Å²) in [5, 5.41) is 13.3. The van der Waals surface area contributed by atoms with Crippen molar-refractivity contribution >= 4 is 17.3 Å². The Morgan fingerprint density at radius 1 is 1.19 bits per heavy atom. The largest absolute Gasteiger partial charge is 0.369 e. The molecule has 0 aliphatic carbocycles. The van der Waals surface area contributed by atoms with E-state index in [0.29, 0.717) is 38.3 Å². The minimum absolute atomic E-state index is 0.163. The Kier molecular flexibility index (Phi) is 5.01. The lowest BCUT2D eigenvalue weighted by Gasteiger charge is -2.40. The lowest BCUT2D eigenvalue weighted by atomic mass is 10.0. The molecule has 2 aliphatic rings. The predicted octanol–water partition coefficient (Wildman–Crippen LogP) is 1.88. The minimum atomic E-state index is -0.933. The van der Waals surface area contributed by atoms with Crippen LogP contribution in [0.25, 0.3) is 0 Å². The average Bonchev–Trinajstić information content (AvgIpc) is 2.88. The van der Waals surface area contributed by atoms with Crippen molar-refractivity contribution in [3.8, 4) is 0 Å². The molecular weight excluding hydrogens is 336 g/mol. The van der Waals surface area contributed by atoms with Crippen molar-refractivity contribution in [2.45, 2.75) is 39.3 Å². The second-order valence-corrected chi connectivity index (χ2v) is 7.79. The monoisotopic (exact) mass is 362 g/mol. The van der Waals surface area contributed by atoms with E-state index in [1.807, 2.05) is 31.7 Å². The van der Waals surface area contributed by atoms with Crippen LogP contribution in [0.4, 0.5) is 11.4 Å². The van der Waals surface area contributed by atoms with Gasteiger partial charge in [0.05, 0.1) is 11.2 Å². The fourth-order valence-corrected chi connectivity index (χ4v) is 3.47. The zero-order valence-electron chi connectivity index (χ0n) is 15.7. The van der Waals surface area contributed by atoms with Crippen molar-refractivity contribution in [1.82, 2.24) is 9.80 Å². The number of ether oxygens (including phenoxy) is 1. The van der Waals surface area contributed by atoms with Crippen molar-refractivity contribution < 1.29 is 14.6 Å². The molecule has 1 fully saturated rings. The third kappa shape index (κ3) is 3.58. The molecule has 0 saturated carbocycles. The molecule has 1 N–H and O–H groups in total. The van der Waals surface area contributed by atoms with Gasteiger partial charge >= 0.3 is 0 Å². The SMILES string of the molecule is CN1Cc2c(N3CCN(C(O)OC(C)(C)C)CC3)ccc(N=O)c2C1=O. The highest BCUT2D eigenvalue weighted by Crippen LogP contribution is 2.37. The van der Waals surface area contributed by atoms with E-state index in [1.165, 1.54) is 0 Å². The molecule has 1 unspecified atom stereocenters. The summed E-state index contributed by atoms with van der Waals surface area (Å²) in [4.78, 5) is 29.1. The number of rotatable bonds is 4. The molecule has 1 aromatic rings. The molecule has 26 heavy (non-hydrogen) atoms. The number of anilines is 1. The summed E-state index contributed by atoms with van der Waals surface area (Å²) >= 11 is 0. The average molecular weight is 362 g/mol. The van der Waals surface area contributed by atoms with Crippen LogP contribution < -0.4 is 4.90 Å². The molecular formula is C18H26N4O4. The van der Waals surface area contributed by atoms with E-state index in [-0.39, 0.29) is 11.6 Å². The van der Waals surface area contributed by atoms with Gasteiger partial charge in [0.1, 0.15) is 5.69 Å². The van der Waals surface area contributed by atoms with Crippen LogP contribution in [0.5, 0.6) is 0 Å². The van der Waals surface area contributed by atoms with Crippen LogP contribution in [0.3, 0.4) is 0 Å². The van der Waals surface area contributed by atoms with Crippen LogP contribution >= 0.6 is 0 Å². The van der Waals surface area contributed by atoms with Crippen LogP contribution in [0.15, 0.2) is 17.3 Å². The van der Waals surface area contributed by atoms with Crippen molar-refractivity contribution in [3.63, 3.8) is 0 Å². The fourth-order valence-electron chi connectivity index (χ4n) is 3.47. The zero-order chi connectivity index (χ0) is 19.1. The van der Waals surface area contributed by atoms with E-state index >= 15 is 0 Å². The number of hydrogen-bond acceptors (Lipinski definition) is 7. The van der Waals surface area contributed by atoms with Gasteiger partial charge in [-0.2, -0.15) is 0 Å². The van der Waals surface area contributed by atoms with Gasteiger partial charge in [0, 0.05) is 51.0 Å². The highest BCUT2D eigenvalue weighted by molar-refractivity contribution is 6.04. The van der Waals surface area contributed by atoms with Gasteiger partial charge in [-0.05, 0) is 38.1 Å². The first-order valence-corrected chi connectivity index (χ1v) is 8.81. The molecule has 142 valence electrons. The standard InChI is InChI=1S/C18H26N4O4/c1-18(2,3)26-17(24)22-9-7-21(8-10-22)14-6-5-13(19-25)15-12(14)11-20(4)16(15)23/h5-6,17,24H,7-11H2,1-4H3. The lowest BCUT2D eigenvalue weighted by molar-refractivity contribution is -0.239. The molecule has 8 nitrogen and oxygen atoms in total. The number of aliphatic hydroxyl groups is 1. The molecule has 1 aromatic carbocycles. The van der Waals surface area contributed by atoms with Crippen LogP contribution in [0.2, 0.25) is 0 Å². The first kappa shape index (κ1) is 18.8. The maximum atomic E-state index is 12.3. The number of piperazine rings is 1. The molecule has 2 heterocycles. The molecule has 0 bridgehead atoms. The Hall–Kier alpha value is -2.03. The molecule has 1 atom stereocenters. The summed E-state index contributed by atoms with van der Waals surface area (Å²) < 4.78 is 5.62. The number of hydrogen-bond donors (Lipinski definition) is 1. The van der Waals surface area contributed by atoms with E-state index in [4.69, 9.17) is 4.74 Å². The summed E-state index contributed by atoms with van der Waals surface area (Å²) in [5.41, 5.74) is 2.01. The number of nitroso groups, excluding NO2 is 1. The van der Waals surface area contributed by atoms with Crippen LogP contribution in [-0.4, -0.2) is 66.1 Å². The molecule has 0 radical (unpaired) electrons. The Bertz CT molecular complexity index is 708. The predicted molar refractivity (Wildman–Crippen MR) is 98.3 cm³/mol. The number of carbonyl (C=O) groups excluding carboxylic acids is 1. The van der Waals surface area contributed by atoms with Gasteiger partial charge < -0.3 is 19.6 Å². The Labute approximate surface area is 153 Å². The molecule has 3 rings (SSSR count). The van der Waals surface area contributed by atoms with Gasteiger partial charge in [-0.25, -0.2) is 0 Å². The lowest BCUT2D eigenvalue weighted by Crippen LogP contribution is -2.52. The number of benzene rings is 1. The topological polar surface area (TPSA) is 85.7 Å². The number of amides is 1. The summed E-state index contributed by atoms with van der Waals surface area (Å²) in [7, 11) is 1.72. The smallest absolute Gasteiger partial charge is 0.256 e. The third-order valence-corrected chi connectivity index (χ3v) is 4.75.